The summed E-state index contributed by atoms with van der Waals surface area (Å²) >= 11 is 0. The van der Waals surface area contributed by atoms with E-state index in [1.165, 1.54) is 11.1 Å². The Bertz CT molecular complexity index is 727. The van der Waals surface area contributed by atoms with Crippen LogP contribution in [-0.4, -0.2) is 23.9 Å². The summed E-state index contributed by atoms with van der Waals surface area (Å²) in [7, 11) is 2.03. The third-order valence-electron chi connectivity index (χ3n) is 4.98. The van der Waals surface area contributed by atoms with Gasteiger partial charge in [-0.05, 0) is 42.0 Å². The molecule has 2 aromatic rings. The van der Waals surface area contributed by atoms with E-state index in [9.17, 15) is 4.79 Å². The normalized spacial score (nSPS) is 15.7. The van der Waals surface area contributed by atoms with Gasteiger partial charge in [0.05, 0.1) is 0 Å². The van der Waals surface area contributed by atoms with Gasteiger partial charge in [0, 0.05) is 12.6 Å². The third-order valence-corrected chi connectivity index (χ3v) is 4.98. The molecule has 1 N–H and O–H groups in total. The molecule has 0 aromatic heterocycles. The van der Waals surface area contributed by atoms with E-state index in [2.05, 4.69) is 55.3 Å². The first-order valence-corrected chi connectivity index (χ1v) is 9.49. The number of amides is 1. The van der Waals surface area contributed by atoms with E-state index in [0.717, 1.165) is 24.9 Å². The largest absolute Gasteiger partial charge is 0.352 e. The van der Waals surface area contributed by atoms with Crippen LogP contribution in [-0.2, 0) is 16.8 Å². The Morgan fingerprint density at radius 3 is 2.23 bits per heavy atom. The average Bonchev–Trinajstić information content (AvgIpc) is 3.39. The molecule has 1 unspecified atom stereocenters. The fourth-order valence-corrected chi connectivity index (χ4v) is 3.24. The van der Waals surface area contributed by atoms with E-state index >= 15 is 0 Å². The van der Waals surface area contributed by atoms with Crippen LogP contribution in [0.3, 0.4) is 0 Å². The summed E-state index contributed by atoms with van der Waals surface area (Å²) in [5.41, 5.74) is 3.75. The quantitative estimate of drug-likeness (QED) is 0.835. The maximum atomic E-state index is 12.9. The van der Waals surface area contributed by atoms with Crippen LogP contribution in [0.1, 0.15) is 56.3 Å². The van der Waals surface area contributed by atoms with Crippen molar-refractivity contribution in [2.24, 2.45) is 0 Å². The summed E-state index contributed by atoms with van der Waals surface area (Å²) in [6.45, 7) is 7.41. The number of nitrogens with zero attached hydrogens (tertiary/aromatic N) is 1. The number of likely N-dealkylation sites (N-methyl/N-ethyl adjacent to an activating group) is 1. The molecule has 0 saturated heterocycles. The molecule has 3 nitrogen and oxygen atoms in total. The highest BCUT2D eigenvalue weighted by molar-refractivity contribution is 5.83. The number of rotatable bonds is 6. The van der Waals surface area contributed by atoms with E-state index in [1.807, 2.05) is 37.4 Å². The molecular formula is C23H30N2O. The lowest BCUT2D eigenvalue weighted by atomic mass is 9.86. The van der Waals surface area contributed by atoms with E-state index in [4.69, 9.17) is 0 Å². The third kappa shape index (κ3) is 4.73. The van der Waals surface area contributed by atoms with Crippen molar-refractivity contribution in [2.45, 2.75) is 57.7 Å². The molecule has 0 radical (unpaired) electrons. The molecule has 1 fully saturated rings. The number of carbonyl (C=O) groups excluding carboxylic acids is 1. The zero-order chi connectivity index (χ0) is 18.7. The molecule has 0 aliphatic heterocycles. The van der Waals surface area contributed by atoms with Crippen LogP contribution in [0.15, 0.2) is 54.6 Å². The van der Waals surface area contributed by atoms with Crippen LogP contribution in [0.2, 0.25) is 0 Å². The van der Waals surface area contributed by atoms with E-state index in [1.54, 1.807) is 0 Å². The minimum atomic E-state index is -0.265. The van der Waals surface area contributed by atoms with Gasteiger partial charge < -0.3 is 5.32 Å². The lowest BCUT2D eigenvalue weighted by Gasteiger charge is -2.28. The molecule has 1 aliphatic rings. The van der Waals surface area contributed by atoms with Gasteiger partial charge >= 0.3 is 0 Å². The van der Waals surface area contributed by atoms with Crippen LogP contribution in [0.4, 0.5) is 0 Å². The van der Waals surface area contributed by atoms with Gasteiger partial charge in [-0.3, -0.25) is 9.69 Å². The zero-order valence-electron chi connectivity index (χ0n) is 16.3. The molecule has 0 bridgehead atoms. The van der Waals surface area contributed by atoms with Crippen LogP contribution in [0, 0.1) is 0 Å². The number of benzene rings is 2. The summed E-state index contributed by atoms with van der Waals surface area (Å²) in [5.74, 6) is 0.104. The van der Waals surface area contributed by atoms with Crippen LogP contribution < -0.4 is 5.32 Å². The van der Waals surface area contributed by atoms with Crippen molar-refractivity contribution in [3.8, 4) is 0 Å². The molecule has 1 saturated carbocycles. The molecule has 1 aliphatic carbocycles. The summed E-state index contributed by atoms with van der Waals surface area (Å²) < 4.78 is 0. The molecule has 3 heteroatoms. The number of hydrogen-bond acceptors (Lipinski definition) is 2. The fourth-order valence-electron chi connectivity index (χ4n) is 3.24. The molecule has 0 heterocycles. The molecule has 26 heavy (non-hydrogen) atoms. The first-order chi connectivity index (χ1) is 12.3. The molecule has 1 atom stereocenters. The highest BCUT2D eigenvalue weighted by Gasteiger charge is 2.30. The Hall–Kier alpha value is -2.13. The van der Waals surface area contributed by atoms with Crippen molar-refractivity contribution < 1.29 is 4.79 Å². The van der Waals surface area contributed by atoms with Gasteiger partial charge in [-0.2, -0.15) is 0 Å². The van der Waals surface area contributed by atoms with Crippen LogP contribution in [0.25, 0.3) is 0 Å². The van der Waals surface area contributed by atoms with Crippen molar-refractivity contribution in [2.75, 3.05) is 7.05 Å². The maximum Gasteiger partial charge on any atom is 0.242 e. The predicted molar refractivity (Wildman–Crippen MR) is 107 cm³/mol. The number of hydrogen-bond donors (Lipinski definition) is 1. The van der Waals surface area contributed by atoms with Crippen molar-refractivity contribution in [3.05, 3.63) is 71.3 Å². The van der Waals surface area contributed by atoms with Gasteiger partial charge in [-0.25, -0.2) is 0 Å². The minimum absolute atomic E-state index is 0.104. The fraction of sp³-hybridized carbons (Fsp3) is 0.435. The number of carbonyl (C=O) groups is 1. The Morgan fingerprint density at radius 2 is 1.69 bits per heavy atom. The first kappa shape index (κ1) is 18.7. The second-order valence-electron chi connectivity index (χ2n) is 8.46. The molecule has 2 aromatic carbocycles. The summed E-state index contributed by atoms with van der Waals surface area (Å²) in [4.78, 5) is 15.0. The lowest BCUT2D eigenvalue weighted by Crippen LogP contribution is -2.39. The Balaban J connectivity index is 1.76. The second kappa shape index (κ2) is 7.63. The van der Waals surface area contributed by atoms with Crippen LogP contribution in [0.5, 0.6) is 0 Å². The van der Waals surface area contributed by atoms with Crippen LogP contribution >= 0.6 is 0 Å². The van der Waals surface area contributed by atoms with E-state index in [-0.39, 0.29) is 17.4 Å². The average molecular weight is 351 g/mol. The van der Waals surface area contributed by atoms with Crippen molar-refractivity contribution >= 4 is 5.91 Å². The smallest absolute Gasteiger partial charge is 0.242 e. The van der Waals surface area contributed by atoms with Gasteiger partial charge in [-0.15, -0.1) is 0 Å². The Morgan fingerprint density at radius 1 is 1.08 bits per heavy atom. The highest BCUT2D eigenvalue weighted by atomic mass is 16.2. The van der Waals surface area contributed by atoms with Crippen molar-refractivity contribution in [3.63, 3.8) is 0 Å². The molecule has 1 amide bonds. The monoisotopic (exact) mass is 350 g/mol. The Kier molecular flexibility index (Phi) is 5.47. The van der Waals surface area contributed by atoms with Gasteiger partial charge in [-0.1, -0.05) is 75.4 Å². The maximum absolute atomic E-state index is 12.9. The molecular weight excluding hydrogens is 320 g/mol. The SMILES string of the molecule is CN(Cc1ccc(C(C)(C)C)cc1)C(C(=O)NC1CC1)c1ccccc1. The van der Waals surface area contributed by atoms with E-state index < -0.39 is 0 Å². The molecule has 0 spiro atoms. The molecule has 3 rings (SSSR count). The summed E-state index contributed by atoms with van der Waals surface area (Å²) in [5, 5.41) is 3.17. The summed E-state index contributed by atoms with van der Waals surface area (Å²) in [6.07, 6.45) is 2.20. The summed E-state index contributed by atoms with van der Waals surface area (Å²) in [6, 6.07) is 18.9. The zero-order valence-corrected chi connectivity index (χ0v) is 16.3. The predicted octanol–water partition coefficient (Wildman–Crippen LogP) is 4.44. The van der Waals surface area contributed by atoms with Gasteiger partial charge in [0.15, 0.2) is 0 Å². The topological polar surface area (TPSA) is 32.3 Å². The van der Waals surface area contributed by atoms with Gasteiger partial charge in [0.2, 0.25) is 5.91 Å². The Labute approximate surface area is 157 Å². The van der Waals surface area contributed by atoms with Gasteiger partial charge in [0.25, 0.3) is 0 Å². The van der Waals surface area contributed by atoms with Gasteiger partial charge in [0.1, 0.15) is 6.04 Å². The standard InChI is InChI=1S/C23H30N2O/c1-23(2,3)19-12-10-17(11-13-19)16-25(4)21(18-8-6-5-7-9-18)22(26)24-20-14-15-20/h5-13,20-21H,14-16H2,1-4H3,(H,24,26). The lowest BCUT2D eigenvalue weighted by molar-refractivity contribution is -0.126. The minimum Gasteiger partial charge on any atom is -0.352 e. The van der Waals surface area contributed by atoms with E-state index in [0.29, 0.717) is 6.04 Å². The number of nitrogens with one attached hydrogen (secondary N) is 1. The first-order valence-electron chi connectivity index (χ1n) is 9.49. The van der Waals surface area contributed by atoms with Crippen molar-refractivity contribution in [1.29, 1.82) is 0 Å². The highest BCUT2D eigenvalue weighted by Crippen LogP contribution is 2.26. The molecule has 138 valence electrons. The van der Waals surface area contributed by atoms with Crippen molar-refractivity contribution in [1.82, 2.24) is 10.2 Å². The second-order valence-corrected chi connectivity index (χ2v) is 8.46.